The van der Waals surface area contributed by atoms with E-state index in [9.17, 15) is 19.7 Å². The summed E-state index contributed by atoms with van der Waals surface area (Å²) in [5.41, 5.74) is 0.357. The van der Waals surface area contributed by atoms with Crippen molar-refractivity contribution in [1.29, 1.82) is 0 Å². The molecule has 0 aliphatic rings. The predicted molar refractivity (Wildman–Crippen MR) is 76.2 cm³/mol. The monoisotopic (exact) mass is 294 g/mol. The fourth-order valence-corrected chi connectivity index (χ4v) is 1.85. The molecule has 0 spiro atoms. The molecule has 7 nitrogen and oxygen atoms in total. The van der Waals surface area contributed by atoms with Gasteiger partial charge in [0.05, 0.1) is 4.92 Å². The molecule has 0 saturated carbocycles. The summed E-state index contributed by atoms with van der Waals surface area (Å²) >= 11 is 0. The van der Waals surface area contributed by atoms with Gasteiger partial charge in [0, 0.05) is 17.2 Å². The summed E-state index contributed by atoms with van der Waals surface area (Å²) in [6.45, 7) is 3.49. The predicted octanol–water partition coefficient (Wildman–Crippen LogP) is 2.28. The van der Waals surface area contributed by atoms with Crippen molar-refractivity contribution in [2.45, 2.75) is 39.2 Å². The highest BCUT2D eigenvalue weighted by Gasteiger charge is 2.21. The number of nitro groups is 1. The molecule has 0 saturated heterocycles. The summed E-state index contributed by atoms with van der Waals surface area (Å²) in [5.74, 6) is -1.74. The van der Waals surface area contributed by atoms with Gasteiger partial charge >= 0.3 is 5.97 Å². The van der Waals surface area contributed by atoms with E-state index in [1.807, 2.05) is 6.92 Å². The average molecular weight is 294 g/mol. The molecule has 0 unspecified atom stereocenters. The molecule has 0 aliphatic carbocycles. The van der Waals surface area contributed by atoms with Crippen LogP contribution in [0.5, 0.6) is 0 Å². The summed E-state index contributed by atoms with van der Waals surface area (Å²) in [5, 5.41) is 22.3. The van der Waals surface area contributed by atoms with Gasteiger partial charge in [-0.15, -0.1) is 0 Å². The van der Waals surface area contributed by atoms with Gasteiger partial charge in [0.25, 0.3) is 11.6 Å². The van der Waals surface area contributed by atoms with Crippen molar-refractivity contribution in [2.75, 3.05) is 0 Å². The highest BCUT2D eigenvalue weighted by Crippen LogP contribution is 2.19. The van der Waals surface area contributed by atoms with Gasteiger partial charge in [0.2, 0.25) is 0 Å². The van der Waals surface area contributed by atoms with Crippen LogP contribution in [-0.4, -0.2) is 27.9 Å². The van der Waals surface area contributed by atoms with Crippen molar-refractivity contribution < 1.29 is 19.6 Å². The van der Waals surface area contributed by atoms with Crippen molar-refractivity contribution in [1.82, 2.24) is 5.32 Å². The van der Waals surface area contributed by atoms with Crippen molar-refractivity contribution in [3.8, 4) is 0 Å². The number of carbonyl (C=O) groups excluding carboxylic acids is 1. The minimum Gasteiger partial charge on any atom is -0.480 e. The number of carboxylic acid groups (broad SMARTS) is 1. The van der Waals surface area contributed by atoms with E-state index in [1.165, 1.54) is 12.1 Å². The molecule has 1 amide bonds. The van der Waals surface area contributed by atoms with E-state index in [0.29, 0.717) is 18.4 Å². The summed E-state index contributed by atoms with van der Waals surface area (Å²) in [6, 6.07) is 3.08. The Kier molecular flexibility index (Phi) is 5.83. The molecular weight excluding hydrogens is 276 g/mol. The van der Waals surface area contributed by atoms with Gasteiger partial charge in [-0.25, -0.2) is 4.79 Å². The minimum atomic E-state index is -1.11. The van der Waals surface area contributed by atoms with E-state index < -0.39 is 22.8 Å². The van der Waals surface area contributed by atoms with Crippen molar-refractivity contribution in [3.63, 3.8) is 0 Å². The fourth-order valence-electron chi connectivity index (χ4n) is 1.85. The van der Waals surface area contributed by atoms with Gasteiger partial charge < -0.3 is 10.4 Å². The molecule has 1 aromatic rings. The maximum Gasteiger partial charge on any atom is 0.326 e. The number of rotatable bonds is 7. The van der Waals surface area contributed by atoms with Gasteiger partial charge in [-0.05, 0) is 19.4 Å². The normalized spacial score (nSPS) is 11.7. The average Bonchev–Trinajstić information content (AvgIpc) is 2.42. The number of nitrogens with zero attached hydrogens (tertiary/aromatic N) is 1. The van der Waals surface area contributed by atoms with Gasteiger partial charge in [0.1, 0.15) is 6.04 Å². The number of unbranched alkanes of at least 4 members (excludes halogenated alkanes) is 1. The molecule has 1 rings (SSSR count). The van der Waals surface area contributed by atoms with Crippen LogP contribution in [-0.2, 0) is 4.79 Å². The topological polar surface area (TPSA) is 110 Å². The summed E-state index contributed by atoms with van der Waals surface area (Å²) in [6.07, 6.45) is 1.81. The number of carbonyl (C=O) groups is 2. The third-order valence-electron chi connectivity index (χ3n) is 3.12. The molecule has 0 fully saturated rings. The first-order valence-electron chi connectivity index (χ1n) is 6.65. The standard InChI is InChI=1S/C14H18N2O5/c1-3-4-5-11(14(18)19)15-13(17)10-7-6-9(2)12(8-10)16(20)21/h6-8,11H,3-5H2,1-2H3,(H,15,17)(H,18,19)/t11-/m0/s1. The fraction of sp³-hybridized carbons (Fsp3) is 0.429. The van der Waals surface area contributed by atoms with Crippen LogP contribution < -0.4 is 5.32 Å². The third-order valence-corrected chi connectivity index (χ3v) is 3.12. The molecule has 1 atom stereocenters. The van der Waals surface area contributed by atoms with Gasteiger partial charge in [0.15, 0.2) is 0 Å². The van der Waals surface area contributed by atoms with Crippen LogP contribution in [0.25, 0.3) is 0 Å². The number of carboxylic acids is 1. The van der Waals surface area contributed by atoms with Crippen LogP contribution in [0.1, 0.15) is 42.1 Å². The zero-order valence-corrected chi connectivity index (χ0v) is 12.0. The second-order valence-electron chi connectivity index (χ2n) is 4.76. The molecular formula is C14H18N2O5. The lowest BCUT2D eigenvalue weighted by molar-refractivity contribution is -0.385. The van der Waals surface area contributed by atoms with Gasteiger partial charge in [-0.1, -0.05) is 25.8 Å². The Hall–Kier alpha value is -2.44. The Balaban J connectivity index is 2.90. The quantitative estimate of drug-likeness (QED) is 0.592. The van der Waals surface area contributed by atoms with Crippen molar-refractivity contribution >= 4 is 17.6 Å². The number of nitro benzene ring substituents is 1. The van der Waals surface area contributed by atoms with Crippen molar-refractivity contribution in [2.24, 2.45) is 0 Å². The van der Waals surface area contributed by atoms with Crippen LogP contribution in [0.2, 0.25) is 0 Å². The molecule has 0 heterocycles. The molecule has 114 valence electrons. The second kappa shape index (κ2) is 7.37. The van der Waals surface area contributed by atoms with E-state index in [1.54, 1.807) is 6.92 Å². The van der Waals surface area contributed by atoms with Gasteiger partial charge in [-0.2, -0.15) is 0 Å². The van der Waals surface area contributed by atoms with Gasteiger partial charge in [-0.3, -0.25) is 14.9 Å². The van der Waals surface area contributed by atoms with E-state index >= 15 is 0 Å². The van der Waals surface area contributed by atoms with Crippen LogP contribution in [0.4, 0.5) is 5.69 Å². The number of aryl methyl sites for hydroxylation is 1. The first-order valence-corrected chi connectivity index (χ1v) is 6.65. The minimum absolute atomic E-state index is 0.0787. The Morgan fingerprint density at radius 1 is 1.43 bits per heavy atom. The lowest BCUT2D eigenvalue weighted by atomic mass is 10.1. The zero-order valence-electron chi connectivity index (χ0n) is 12.0. The molecule has 2 N–H and O–H groups in total. The third kappa shape index (κ3) is 4.55. The number of amides is 1. The first kappa shape index (κ1) is 16.6. The first-order chi connectivity index (χ1) is 9.86. The molecule has 0 radical (unpaired) electrons. The van der Waals surface area contributed by atoms with Crippen LogP contribution in [0.3, 0.4) is 0 Å². The van der Waals surface area contributed by atoms with E-state index in [-0.39, 0.29) is 11.3 Å². The molecule has 0 aliphatic heterocycles. The number of hydrogen-bond acceptors (Lipinski definition) is 4. The highest BCUT2D eigenvalue weighted by atomic mass is 16.6. The number of hydrogen-bond donors (Lipinski definition) is 2. The Labute approximate surface area is 122 Å². The molecule has 1 aromatic carbocycles. The molecule has 0 aromatic heterocycles. The zero-order chi connectivity index (χ0) is 16.0. The molecule has 0 bridgehead atoms. The number of nitrogens with one attached hydrogen (secondary N) is 1. The summed E-state index contributed by atoms with van der Waals surface area (Å²) in [4.78, 5) is 33.4. The summed E-state index contributed by atoms with van der Waals surface area (Å²) < 4.78 is 0. The van der Waals surface area contributed by atoms with Crippen molar-refractivity contribution in [3.05, 3.63) is 39.4 Å². The smallest absolute Gasteiger partial charge is 0.326 e. The lowest BCUT2D eigenvalue weighted by Crippen LogP contribution is -2.40. The number of aliphatic carboxylic acids is 1. The number of benzene rings is 1. The van der Waals surface area contributed by atoms with E-state index in [4.69, 9.17) is 5.11 Å². The highest BCUT2D eigenvalue weighted by molar-refractivity contribution is 5.97. The Morgan fingerprint density at radius 2 is 2.10 bits per heavy atom. The lowest BCUT2D eigenvalue weighted by Gasteiger charge is -2.14. The SMILES string of the molecule is CCCC[C@H](NC(=O)c1ccc(C)c([N+](=O)[O-])c1)C(=O)O. The Morgan fingerprint density at radius 3 is 2.62 bits per heavy atom. The maximum atomic E-state index is 12.0. The second-order valence-corrected chi connectivity index (χ2v) is 4.76. The van der Waals surface area contributed by atoms with Crippen LogP contribution >= 0.6 is 0 Å². The molecule has 21 heavy (non-hydrogen) atoms. The molecule has 7 heteroatoms. The van der Waals surface area contributed by atoms with Crippen LogP contribution in [0, 0.1) is 17.0 Å². The van der Waals surface area contributed by atoms with E-state index in [0.717, 1.165) is 12.5 Å². The summed E-state index contributed by atoms with van der Waals surface area (Å²) in [7, 11) is 0. The Bertz CT molecular complexity index is 556. The largest absolute Gasteiger partial charge is 0.480 e. The maximum absolute atomic E-state index is 12.0. The van der Waals surface area contributed by atoms with Crippen LogP contribution in [0.15, 0.2) is 18.2 Å². The van der Waals surface area contributed by atoms with E-state index in [2.05, 4.69) is 5.32 Å².